The molecule has 104 valence electrons. The summed E-state index contributed by atoms with van der Waals surface area (Å²) in [6, 6.07) is 1.80. The molecule has 0 aliphatic carbocycles. The van der Waals surface area contributed by atoms with Gasteiger partial charge in [0.25, 0.3) is 5.91 Å². The molecule has 2 N–H and O–H groups in total. The summed E-state index contributed by atoms with van der Waals surface area (Å²) in [6.45, 7) is 3.84. The third-order valence-electron chi connectivity index (χ3n) is 3.40. The van der Waals surface area contributed by atoms with Gasteiger partial charge in [0, 0.05) is 57.9 Å². The van der Waals surface area contributed by atoms with Gasteiger partial charge in [-0.25, -0.2) is 0 Å². The average molecular weight is 264 g/mol. The number of rotatable bonds is 4. The first-order chi connectivity index (χ1) is 9.26. The quantitative estimate of drug-likeness (QED) is 0.793. The van der Waals surface area contributed by atoms with Gasteiger partial charge in [-0.1, -0.05) is 0 Å². The molecule has 1 aliphatic rings. The molecule has 0 spiro atoms. The van der Waals surface area contributed by atoms with Gasteiger partial charge in [-0.3, -0.25) is 14.7 Å². The first kappa shape index (κ1) is 13.8. The maximum Gasteiger partial charge on any atom is 0.257 e. The minimum absolute atomic E-state index is 0.0149. The van der Waals surface area contributed by atoms with Crippen LogP contribution in [0.4, 0.5) is 5.69 Å². The number of nitrogens with zero attached hydrogens (tertiary/aromatic N) is 3. The van der Waals surface area contributed by atoms with E-state index in [9.17, 15) is 4.79 Å². The van der Waals surface area contributed by atoms with E-state index in [1.54, 1.807) is 25.5 Å². The Hall–Kier alpha value is -1.66. The Kier molecular flexibility index (Phi) is 4.70. The van der Waals surface area contributed by atoms with E-state index in [4.69, 9.17) is 5.11 Å². The summed E-state index contributed by atoms with van der Waals surface area (Å²) in [5.41, 5.74) is 1.42. The maximum absolute atomic E-state index is 12.4. The summed E-state index contributed by atoms with van der Waals surface area (Å²) in [5.74, 6) is 0.0149. The van der Waals surface area contributed by atoms with Gasteiger partial charge in [-0.15, -0.1) is 0 Å². The van der Waals surface area contributed by atoms with Crippen molar-refractivity contribution in [2.75, 3.05) is 51.7 Å². The van der Waals surface area contributed by atoms with Crippen LogP contribution in [-0.2, 0) is 0 Å². The Labute approximate surface area is 113 Å². The lowest BCUT2D eigenvalue weighted by atomic mass is 10.2. The molecule has 1 aliphatic heterocycles. The predicted molar refractivity (Wildman–Crippen MR) is 73.2 cm³/mol. The van der Waals surface area contributed by atoms with Crippen LogP contribution in [0.3, 0.4) is 0 Å². The number of carbonyl (C=O) groups is 1. The Bertz CT molecular complexity index is 430. The number of anilines is 1. The lowest BCUT2D eigenvalue weighted by Crippen LogP contribution is -2.49. The molecular weight excluding hydrogens is 244 g/mol. The van der Waals surface area contributed by atoms with Gasteiger partial charge in [-0.2, -0.15) is 0 Å². The first-order valence-corrected chi connectivity index (χ1v) is 6.50. The SMILES string of the molecule is CNc1ccncc1C(=O)N1CCN(CCO)CC1. The van der Waals surface area contributed by atoms with E-state index in [-0.39, 0.29) is 12.5 Å². The van der Waals surface area contributed by atoms with Gasteiger partial charge in [-0.05, 0) is 6.07 Å². The number of aliphatic hydroxyl groups excluding tert-OH is 1. The van der Waals surface area contributed by atoms with E-state index in [2.05, 4.69) is 15.2 Å². The van der Waals surface area contributed by atoms with Crippen molar-refractivity contribution in [2.24, 2.45) is 0 Å². The maximum atomic E-state index is 12.4. The van der Waals surface area contributed by atoms with E-state index in [1.165, 1.54) is 0 Å². The number of aromatic nitrogens is 1. The molecule has 1 fully saturated rings. The fraction of sp³-hybridized carbons (Fsp3) is 0.538. The van der Waals surface area contributed by atoms with Gasteiger partial charge < -0.3 is 15.3 Å². The zero-order chi connectivity index (χ0) is 13.7. The van der Waals surface area contributed by atoms with Crippen molar-refractivity contribution < 1.29 is 9.90 Å². The summed E-state index contributed by atoms with van der Waals surface area (Å²) in [5, 5.41) is 11.9. The molecule has 1 amide bonds. The topological polar surface area (TPSA) is 68.7 Å². The third kappa shape index (κ3) is 3.21. The number of hydrogen-bond acceptors (Lipinski definition) is 5. The monoisotopic (exact) mass is 264 g/mol. The van der Waals surface area contributed by atoms with Crippen LogP contribution in [0.25, 0.3) is 0 Å². The molecule has 1 aromatic heterocycles. The molecule has 0 saturated carbocycles. The molecule has 0 unspecified atom stereocenters. The van der Waals surface area contributed by atoms with Crippen LogP contribution in [0, 0.1) is 0 Å². The first-order valence-electron chi connectivity index (χ1n) is 6.50. The predicted octanol–water partition coefficient (Wildman–Crippen LogP) is -0.127. The lowest BCUT2D eigenvalue weighted by Gasteiger charge is -2.34. The molecule has 0 radical (unpaired) electrons. The average Bonchev–Trinajstić information content (AvgIpc) is 2.47. The number of β-amino-alcohol motifs (C(OH)–C–C–N with tert-alkyl or cyclic N) is 1. The molecule has 0 atom stereocenters. The van der Waals surface area contributed by atoms with Gasteiger partial charge >= 0.3 is 0 Å². The van der Waals surface area contributed by atoms with Crippen molar-refractivity contribution >= 4 is 11.6 Å². The fourth-order valence-electron chi connectivity index (χ4n) is 2.27. The zero-order valence-corrected chi connectivity index (χ0v) is 11.2. The summed E-state index contributed by atoms with van der Waals surface area (Å²) in [4.78, 5) is 20.4. The van der Waals surface area contributed by atoms with E-state index < -0.39 is 0 Å². The molecule has 0 bridgehead atoms. The van der Waals surface area contributed by atoms with E-state index in [1.807, 2.05) is 4.90 Å². The highest BCUT2D eigenvalue weighted by Gasteiger charge is 2.23. The summed E-state index contributed by atoms with van der Waals surface area (Å²) < 4.78 is 0. The Morgan fingerprint density at radius 2 is 2.16 bits per heavy atom. The lowest BCUT2D eigenvalue weighted by molar-refractivity contribution is 0.0615. The van der Waals surface area contributed by atoms with Crippen molar-refractivity contribution in [2.45, 2.75) is 0 Å². The molecule has 19 heavy (non-hydrogen) atoms. The van der Waals surface area contributed by atoms with Crippen molar-refractivity contribution in [3.63, 3.8) is 0 Å². The molecule has 6 heteroatoms. The number of nitrogens with one attached hydrogen (secondary N) is 1. The second kappa shape index (κ2) is 6.49. The zero-order valence-electron chi connectivity index (χ0n) is 11.2. The Balaban J connectivity index is 2.01. The molecule has 1 saturated heterocycles. The Morgan fingerprint density at radius 3 is 2.79 bits per heavy atom. The highest BCUT2D eigenvalue weighted by atomic mass is 16.3. The van der Waals surface area contributed by atoms with Crippen LogP contribution >= 0.6 is 0 Å². The molecule has 0 aromatic carbocycles. The minimum Gasteiger partial charge on any atom is -0.395 e. The van der Waals surface area contributed by atoms with Crippen molar-refractivity contribution in [3.05, 3.63) is 24.0 Å². The smallest absolute Gasteiger partial charge is 0.257 e. The number of piperazine rings is 1. The summed E-state index contributed by atoms with van der Waals surface area (Å²) >= 11 is 0. The van der Waals surface area contributed by atoms with Gasteiger partial charge in [0.1, 0.15) is 0 Å². The van der Waals surface area contributed by atoms with Crippen molar-refractivity contribution in [1.29, 1.82) is 0 Å². The largest absolute Gasteiger partial charge is 0.395 e. The third-order valence-corrected chi connectivity index (χ3v) is 3.40. The number of carbonyl (C=O) groups excluding carboxylic acids is 1. The van der Waals surface area contributed by atoms with Gasteiger partial charge in [0.05, 0.1) is 12.2 Å². The van der Waals surface area contributed by atoms with E-state index in [0.717, 1.165) is 18.8 Å². The second-order valence-corrected chi connectivity index (χ2v) is 4.53. The molecule has 2 rings (SSSR count). The van der Waals surface area contributed by atoms with E-state index in [0.29, 0.717) is 25.2 Å². The van der Waals surface area contributed by atoms with E-state index >= 15 is 0 Å². The van der Waals surface area contributed by atoms with Crippen LogP contribution in [0.5, 0.6) is 0 Å². The van der Waals surface area contributed by atoms with Crippen LogP contribution in [-0.4, -0.2) is 72.2 Å². The van der Waals surface area contributed by atoms with Crippen LogP contribution in [0.1, 0.15) is 10.4 Å². The van der Waals surface area contributed by atoms with Gasteiger partial charge in [0.15, 0.2) is 0 Å². The highest BCUT2D eigenvalue weighted by molar-refractivity contribution is 5.99. The number of pyridine rings is 1. The fourth-order valence-corrected chi connectivity index (χ4v) is 2.27. The van der Waals surface area contributed by atoms with Crippen LogP contribution in [0.2, 0.25) is 0 Å². The highest BCUT2D eigenvalue weighted by Crippen LogP contribution is 2.16. The number of aliphatic hydroxyl groups is 1. The normalized spacial score (nSPS) is 16.4. The minimum atomic E-state index is 0.0149. The van der Waals surface area contributed by atoms with Crippen molar-refractivity contribution in [3.8, 4) is 0 Å². The van der Waals surface area contributed by atoms with Crippen LogP contribution < -0.4 is 5.32 Å². The number of amides is 1. The second-order valence-electron chi connectivity index (χ2n) is 4.53. The van der Waals surface area contributed by atoms with Crippen molar-refractivity contribution in [1.82, 2.24) is 14.8 Å². The Morgan fingerprint density at radius 1 is 1.42 bits per heavy atom. The molecular formula is C13H20N4O2. The summed E-state index contributed by atoms with van der Waals surface area (Å²) in [6.07, 6.45) is 3.27. The molecule has 6 nitrogen and oxygen atoms in total. The molecule has 1 aromatic rings. The van der Waals surface area contributed by atoms with Gasteiger partial charge in [0.2, 0.25) is 0 Å². The molecule has 2 heterocycles. The number of hydrogen-bond donors (Lipinski definition) is 2. The van der Waals surface area contributed by atoms with Crippen LogP contribution in [0.15, 0.2) is 18.5 Å². The summed E-state index contributed by atoms with van der Waals surface area (Å²) in [7, 11) is 1.80. The standard InChI is InChI=1S/C13H20N4O2/c1-14-12-2-3-15-10-11(12)13(19)17-6-4-16(5-7-17)8-9-18/h2-3,10,18H,4-9H2,1H3,(H,14,15).